The van der Waals surface area contributed by atoms with Crippen molar-refractivity contribution in [2.45, 2.75) is 9.92 Å². The number of para-hydroxylation sites is 1. The molecule has 0 aliphatic heterocycles. The Balaban J connectivity index is 2.33. The second-order valence-electron chi connectivity index (χ2n) is 3.23. The Kier molecular flexibility index (Phi) is 3.39. The van der Waals surface area contributed by atoms with Crippen molar-refractivity contribution in [2.75, 3.05) is 11.0 Å². The first kappa shape index (κ1) is 12.0. The number of thioether (sulfide) groups is 1. The number of anilines is 1. The van der Waals surface area contributed by atoms with Gasteiger partial charge in [0.25, 0.3) is 10.0 Å². The summed E-state index contributed by atoms with van der Waals surface area (Å²) in [5.41, 5.74) is 0.564. The van der Waals surface area contributed by atoms with Gasteiger partial charge < -0.3 is 0 Å². The number of hydrogen-bond acceptors (Lipinski definition) is 4. The second-order valence-corrected chi connectivity index (χ2v) is 5.73. The molecular weight excluding hydrogens is 258 g/mol. The van der Waals surface area contributed by atoms with E-state index in [9.17, 15) is 8.42 Å². The van der Waals surface area contributed by atoms with Crippen LogP contribution < -0.4 is 4.72 Å². The molecule has 0 unspecified atom stereocenters. The summed E-state index contributed by atoms with van der Waals surface area (Å²) >= 11 is 1.48. The molecule has 5 nitrogen and oxygen atoms in total. The van der Waals surface area contributed by atoms with Crippen molar-refractivity contribution in [1.29, 1.82) is 0 Å². The van der Waals surface area contributed by atoms with Crippen molar-refractivity contribution in [3.05, 3.63) is 36.5 Å². The highest BCUT2D eigenvalue weighted by Crippen LogP contribution is 2.26. The summed E-state index contributed by atoms with van der Waals surface area (Å²) in [5, 5.41) is 6.10. The lowest BCUT2D eigenvalue weighted by Gasteiger charge is -2.09. The molecule has 90 valence electrons. The van der Waals surface area contributed by atoms with Gasteiger partial charge in [-0.2, -0.15) is 13.5 Å². The molecule has 1 aromatic heterocycles. The van der Waals surface area contributed by atoms with Gasteiger partial charge in [0.2, 0.25) is 0 Å². The fraction of sp³-hybridized carbons (Fsp3) is 0.100. The quantitative estimate of drug-likeness (QED) is 0.832. The van der Waals surface area contributed by atoms with Crippen LogP contribution in [0.15, 0.2) is 46.5 Å². The molecule has 17 heavy (non-hydrogen) atoms. The van der Waals surface area contributed by atoms with Crippen molar-refractivity contribution < 1.29 is 8.42 Å². The Morgan fingerprint density at radius 1 is 1.29 bits per heavy atom. The van der Waals surface area contributed by atoms with Crippen LogP contribution in [-0.2, 0) is 10.0 Å². The fourth-order valence-electron chi connectivity index (χ4n) is 1.32. The first-order valence-electron chi connectivity index (χ1n) is 4.79. The molecule has 0 aliphatic rings. The van der Waals surface area contributed by atoms with Crippen LogP contribution in [0.3, 0.4) is 0 Å². The number of nitrogens with one attached hydrogen (secondary N) is 2. The minimum Gasteiger partial charge on any atom is -0.277 e. The van der Waals surface area contributed by atoms with E-state index in [0.29, 0.717) is 5.69 Å². The highest BCUT2D eigenvalue weighted by atomic mass is 32.2. The molecule has 0 atom stereocenters. The number of H-pyrrole nitrogens is 1. The largest absolute Gasteiger partial charge is 0.278 e. The van der Waals surface area contributed by atoms with Gasteiger partial charge in [-0.3, -0.25) is 9.82 Å². The van der Waals surface area contributed by atoms with Gasteiger partial charge in [-0.15, -0.1) is 11.8 Å². The molecule has 0 aliphatic carbocycles. The number of benzene rings is 1. The third kappa shape index (κ3) is 2.62. The van der Waals surface area contributed by atoms with Gasteiger partial charge in [0.05, 0.1) is 11.9 Å². The standard InChI is InChI=1S/C10H11N3O2S2/c1-16-9-5-3-2-4-8(9)13-17(14,15)10-6-7-11-12-10/h2-7,13H,1H3,(H,11,12). The van der Waals surface area contributed by atoms with Gasteiger partial charge in [0, 0.05) is 4.90 Å². The maximum atomic E-state index is 11.9. The molecule has 0 radical (unpaired) electrons. The Labute approximate surface area is 104 Å². The second kappa shape index (κ2) is 4.80. The predicted molar refractivity (Wildman–Crippen MR) is 67.6 cm³/mol. The molecule has 1 heterocycles. The molecule has 0 saturated heterocycles. The maximum Gasteiger partial charge on any atom is 0.278 e. The van der Waals surface area contributed by atoms with Gasteiger partial charge in [0.1, 0.15) is 0 Å². The Morgan fingerprint density at radius 3 is 2.71 bits per heavy atom. The summed E-state index contributed by atoms with van der Waals surface area (Å²) in [6.07, 6.45) is 3.29. The number of aromatic amines is 1. The maximum absolute atomic E-state index is 11.9. The highest BCUT2D eigenvalue weighted by molar-refractivity contribution is 7.99. The molecule has 2 aromatic rings. The molecule has 0 spiro atoms. The molecule has 0 bridgehead atoms. The predicted octanol–water partition coefficient (Wildman–Crippen LogP) is 1.93. The Morgan fingerprint density at radius 2 is 2.06 bits per heavy atom. The number of hydrogen-bond donors (Lipinski definition) is 2. The zero-order chi connectivity index (χ0) is 12.3. The number of aromatic nitrogens is 2. The first-order valence-corrected chi connectivity index (χ1v) is 7.49. The van der Waals surface area contributed by atoms with Gasteiger partial charge in [0.15, 0.2) is 5.03 Å². The lowest BCUT2D eigenvalue weighted by Crippen LogP contribution is -2.13. The van der Waals surface area contributed by atoms with Crippen LogP contribution in [0.1, 0.15) is 0 Å². The monoisotopic (exact) mass is 269 g/mol. The third-order valence-electron chi connectivity index (χ3n) is 2.12. The van der Waals surface area contributed by atoms with Crippen molar-refractivity contribution in [3.63, 3.8) is 0 Å². The zero-order valence-electron chi connectivity index (χ0n) is 9.04. The van der Waals surface area contributed by atoms with Crippen LogP contribution in [0.5, 0.6) is 0 Å². The summed E-state index contributed by atoms with van der Waals surface area (Å²) in [5.74, 6) is 0. The van der Waals surface area contributed by atoms with Gasteiger partial charge in [-0.1, -0.05) is 12.1 Å². The average Bonchev–Trinajstić information content (AvgIpc) is 2.83. The lowest BCUT2D eigenvalue weighted by atomic mass is 10.3. The van der Waals surface area contributed by atoms with Crippen LogP contribution >= 0.6 is 11.8 Å². The summed E-state index contributed by atoms with van der Waals surface area (Å²) in [7, 11) is -3.58. The minimum absolute atomic E-state index is 0.0495. The molecule has 2 N–H and O–H groups in total. The Bertz CT molecular complexity index is 594. The normalized spacial score (nSPS) is 11.4. The molecule has 7 heteroatoms. The summed E-state index contributed by atoms with van der Waals surface area (Å²) < 4.78 is 26.4. The minimum atomic E-state index is -3.58. The third-order valence-corrected chi connectivity index (χ3v) is 4.21. The van der Waals surface area contributed by atoms with E-state index in [-0.39, 0.29) is 5.03 Å². The van der Waals surface area contributed by atoms with E-state index >= 15 is 0 Å². The van der Waals surface area contributed by atoms with Gasteiger partial charge >= 0.3 is 0 Å². The fourth-order valence-corrected chi connectivity index (χ4v) is 2.93. The van der Waals surface area contributed by atoms with Crippen LogP contribution in [0.25, 0.3) is 0 Å². The topological polar surface area (TPSA) is 74.8 Å². The SMILES string of the molecule is CSc1ccccc1NS(=O)(=O)c1ccn[nH]1. The van der Waals surface area contributed by atoms with Crippen LogP contribution in [-0.4, -0.2) is 24.9 Å². The molecule has 0 saturated carbocycles. The summed E-state index contributed by atoms with van der Waals surface area (Å²) in [6, 6.07) is 8.63. The van der Waals surface area contributed by atoms with Crippen molar-refractivity contribution in [2.24, 2.45) is 0 Å². The molecule has 0 amide bonds. The lowest BCUT2D eigenvalue weighted by molar-refractivity contribution is 0.597. The van der Waals surface area contributed by atoms with E-state index in [4.69, 9.17) is 0 Å². The molecule has 0 fully saturated rings. The van der Waals surface area contributed by atoms with E-state index in [1.807, 2.05) is 18.4 Å². The number of nitrogens with zero attached hydrogens (tertiary/aromatic N) is 1. The highest BCUT2D eigenvalue weighted by Gasteiger charge is 2.16. The van der Waals surface area contributed by atoms with E-state index < -0.39 is 10.0 Å². The average molecular weight is 269 g/mol. The molecule has 1 aromatic carbocycles. The molecular formula is C10H11N3O2S2. The van der Waals surface area contributed by atoms with E-state index in [1.54, 1.807) is 12.1 Å². The first-order chi connectivity index (χ1) is 8.13. The van der Waals surface area contributed by atoms with Crippen molar-refractivity contribution in [3.8, 4) is 0 Å². The van der Waals surface area contributed by atoms with Gasteiger partial charge in [-0.25, -0.2) is 0 Å². The Hall–Kier alpha value is -1.47. The van der Waals surface area contributed by atoms with Crippen molar-refractivity contribution in [1.82, 2.24) is 10.2 Å². The van der Waals surface area contributed by atoms with E-state index in [1.165, 1.54) is 24.0 Å². The van der Waals surface area contributed by atoms with Crippen LogP contribution in [0.4, 0.5) is 5.69 Å². The number of sulfonamides is 1. The van der Waals surface area contributed by atoms with Crippen LogP contribution in [0.2, 0.25) is 0 Å². The van der Waals surface area contributed by atoms with E-state index in [2.05, 4.69) is 14.9 Å². The number of rotatable bonds is 4. The molecule has 2 rings (SSSR count). The van der Waals surface area contributed by atoms with Gasteiger partial charge in [-0.05, 0) is 24.5 Å². The van der Waals surface area contributed by atoms with E-state index in [0.717, 1.165) is 4.90 Å². The van der Waals surface area contributed by atoms with Crippen LogP contribution in [0, 0.1) is 0 Å². The zero-order valence-corrected chi connectivity index (χ0v) is 10.7. The summed E-state index contributed by atoms with van der Waals surface area (Å²) in [6.45, 7) is 0. The smallest absolute Gasteiger partial charge is 0.277 e. The van der Waals surface area contributed by atoms with Crippen molar-refractivity contribution >= 4 is 27.5 Å². The summed E-state index contributed by atoms with van der Waals surface area (Å²) in [4.78, 5) is 0.871.